The summed E-state index contributed by atoms with van der Waals surface area (Å²) >= 11 is 6.21. The van der Waals surface area contributed by atoms with Gasteiger partial charge in [0.15, 0.2) is 0 Å². The monoisotopic (exact) mass is 406 g/mol. The Balaban J connectivity index is 2.55. The maximum absolute atomic E-state index is 13.3. The molecule has 0 aliphatic rings. The molecular weight excluding hydrogens is 384 g/mol. The summed E-state index contributed by atoms with van der Waals surface area (Å²) in [5.74, 6) is -0.233. The van der Waals surface area contributed by atoms with Gasteiger partial charge in [-0.05, 0) is 44.2 Å². The quantitative estimate of drug-likeness (QED) is 0.617. The fraction of sp³-hybridized carbons (Fsp3) is 0.250. The number of anilines is 1. The van der Waals surface area contributed by atoms with E-state index >= 15 is 0 Å². The first-order valence-corrected chi connectivity index (χ1v) is 10.5. The maximum Gasteiger partial charge on any atom is 0.266 e. The van der Waals surface area contributed by atoms with Crippen LogP contribution in [0.5, 0.6) is 0 Å². The lowest BCUT2D eigenvalue weighted by atomic mass is 10.2. The normalized spacial score (nSPS) is 11.1. The SMILES string of the molecule is C=CCN(c1ccccc1)S(=O)(=O)c1cc(C(=O)N(CC)CC)ccc1Cl. The second-order valence-electron chi connectivity index (χ2n) is 5.78. The van der Waals surface area contributed by atoms with Gasteiger partial charge in [-0.1, -0.05) is 35.9 Å². The number of carbonyl (C=O) groups is 1. The van der Waals surface area contributed by atoms with E-state index < -0.39 is 10.0 Å². The van der Waals surface area contributed by atoms with Crippen LogP contribution in [0.2, 0.25) is 5.02 Å². The highest BCUT2D eigenvalue weighted by atomic mass is 35.5. The molecule has 2 rings (SSSR count). The summed E-state index contributed by atoms with van der Waals surface area (Å²) in [6, 6.07) is 13.0. The van der Waals surface area contributed by atoms with Gasteiger partial charge in [0.25, 0.3) is 15.9 Å². The molecule has 2 aromatic carbocycles. The maximum atomic E-state index is 13.3. The van der Waals surface area contributed by atoms with Gasteiger partial charge < -0.3 is 4.90 Å². The molecule has 0 radical (unpaired) electrons. The number of hydrogen-bond acceptors (Lipinski definition) is 3. The van der Waals surface area contributed by atoms with Crippen molar-refractivity contribution in [2.75, 3.05) is 23.9 Å². The third-order valence-electron chi connectivity index (χ3n) is 4.14. The molecule has 2 aromatic rings. The molecule has 0 spiro atoms. The highest BCUT2D eigenvalue weighted by Gasteiger charge is 2.28. The minimum Gasteiger partial charge on any atom is -0.339 e. The first kappa shape index (κ1) is 21.0. The predicted octanol–water partition coefficient (Wildman–Crippen LogP) is 4.20. The summed E-state index contributed by atoms with van der Waals surface area (Å²) in [5, 5.41) is 0.0658. The second kappa shape index (κ2) is 9.06. The van der Waals surface area contributed by atoms with E-state index in [1.807, 2.05) is 13.8 Å². The van der Waals surface area contributed by atoms with Crippen LogP contribution in [0.1, 0.15) is 24.2 Å². The van der Waals surface area contributed by atoms with Crippen LogP contribution in [0.4, 0.5) is 5.69 Å². The Morgan fingerprint density at radius 2 is 1.74 bits per heavy atom. The van der Waals surface area contributed by atoms with E-state index in [1.54, 1.807) is 41.3 Å². The molecular formula is C20H23ClN2O3S. The summed E-state index contributed by atoms with van der Waals surface area (Å²) in [6.07, 6.45) is 1.50. The van der Waals surface area contributed by atoms with Crippen molar-refractivity contribution in [3.8, 4) is 0 Å². The molecule has 0 aliphatic carbocycles. The number of nitrogens with zero attached hydrogens (tertiary/aromatic N) is 2. The lowest BCUT2D eigenvalue weighted by molar-refractivity contribution is 0.0772. The average molecular weight is 407 g/mol. The molecule has 1 amide bonds. The van der Waals surface area contributed by atoms with Crippen molar-refractivity contribution in [3.05, 3.63) is 71.8 Å². The summed E-state index contributed by atoms with van der Waals surface area (Å²) in [5.41, 5.74) is 0.780. The molecule has 144 valence electrons. The standard InChI is InChI=1S/C20H23ClN2O3S/c1-4-14-23(17-10-8-7-9-11-17)27(25,26)19-15-16(12-13-18(19)21)20(24)22(5-2)6-3/h4,7-13,15H,1,5-6,14H2,2-3H3. The molecule has 0 bridgehead atoms. The molecule has 0 unspecified atom stereocenters. The number of para-hydroxylation sites is 1. The van der Waals surface area contributed by atoms with Crippen LogP contribution in [0.25, 0.3) is 0 Å². The van der Waals surface area contributed by atoms with E-state index in [9.17, 15) is 13.2 Å². The van der Waals surface area contributed by atoms with Gasteiger partial charge in [-0.2, -0.15) is 0 Å². The number of amides is 1. The van der Waals surface area contributed by atoms with E-state index in [-0.39, 0.29) is 27.9 Å². The van der Waals surface area contributed by atoms with Gasteiger partial charge in [0, 0.05) is 18.7 Å². The Bertz CT molecular complexity index is 910. The highest BCUT2D eigenvalue weighted by molar-refractivity contribution is 7.93. The van der Waals surface area contributed by atoms with E-state index in [4.69, 9.17) is 11.6 Å². The lowest BCUT2D eigenvalue weighted by Gasteiger charge is -2.24. The van der Waals surface area contributed by atoms with E-state index in [0.29, 0.717) is 18.8 Å². The topological polar surface area (TPSA) is 57.7 Å². The summed E-state index contributed by atoms with van der Waals surface area (Å²) in [6.45, 7) is 8.54. The third-order valence-corrected chi connectivity index (χ3v) is 6.41. The van der Waals surface area contributed by atoms with Crippen molar-refractivity contribution in [3.63, 3.8) is 0 Å². The van der Waals surface area contributed by atoms with Crippen molar-refractivity contribution >= 4 is 33.2 Å². The van der Waals surface area contributed by atoms with Gasteiger partial charge >= 0.3 is 0 Å². The van der Waals surface area contributed by atoms with Gasteiger partial charge in [-0.25, -0.2) is 8.42 Å². The summed E-state index contributed by atoms with van der Waals surface area (Å²) < 4.78 is 27.8. The zero-order chi connectivity index (χ0) is 20.0. The molecule has 0 fully saturated rings. The first-order chi connectivity index (χ1) is 12.9. The van der Waals surface area contributed by atoms with Crippen LogP contribution in [0, 0.1) is 0 Å². The molecule has 0 saturated heterocycles. The molecule has 0 aliphatic heterocycles. The molecule has 7 heteroatoms. The second-order valence-corrected chi connectivity index (χ2v) is 8.02. The van der Waals surface area contributed by atoms with Gasteiger partial charge in [0.1, 0.15) is 4.90 Å². The van der Waals surface area contributed by atoms with Crippen LogP contribution in [0.3, 0.4) is 0 Å². The summed E-state index contributed by atoms with van der Waals surface area (Å²) in [7, 11) is -3.98. The van der Waals surface area contributed by atoms with Crippen molar-refractivity contribution in [1.29, 1.82) is 0 Å². The summed E-state index contributed by atoms with van der Waals surface area (Å²) in [4.78, 5) is 14.1. The van der Waals surface area contributed by atoms with Crippen LogP contribution in [-0.4, -0.2) is 38.9 Å². The zero-order valence-corrected chi connectivity index (χ0v) is 17.0. The molecule has 0 atom stereocenters. The first-order valence-electron chi connectivity index (χ1n) is 8.64. The van der Waals surface area contributed by atoms with Crippen LogP contribution < -0.4 is 4.31 Å². The van der Waals surface area contributed by atoms with Crippen molar-refractivity contribution in [1.82, 2.24) is 4.90 Å². The van der Waals surface area contributed by atoms with Crippen LogP contribution in [-0.2, 0) is 10.0 Å². The highest BCUT2D eigenvalue weighted by Crippen LogP contribution is 2.29. The fourth-order valence-corrected chi connectivity index (χ4v) is 4.64. The molecule has 27 heavy (non-hydrogen) atoms. The van der Waals surface area contributed by atoms with E-state index in [2.05, 4.69) is 6.58 Å². The molecule has 0 heterocycles. The Kier molecular flexibility index (Phi) is 7.05. The van der Waals surface area contributed by atoms with Gasteiger partial charge in [-0.15, -0.1) is 6.58 Å². The largest absolute Gasteiger partial charge is 0.339 e. The minimum absolute atomic E-state index is 0.0658. The smallest absolute Gasteiger partial charge is 0.266 e. The van der Waals surface area contributed by atoms with Crippen molar-refractivity contribution in [2.24, 2.45) is 0 Å². The van der Waals surface area contributed by atoms with Crippen LogP contribution >= 0.6 is 11.6 Å². The Labute approximate surface area is 165 Å². The Morgan fingerprint density at radius 1 is 1.11 bits per heavy atom. The third kappa shape index (κ3) is 4.51. The van der Waals surface area contributed by atoms with Gasteiger partial charge in [0.05, 0.1) is 17.3 Å². The Hall–Kier alpha value is -2.31. The zero-order valence-electron chi connectivity index (χ0n) is 15.4. The fourth-order valence-electron chi connectivity index (χ4n) is 2.70. The molecule has 0 N–H and O–H groups in total. The van der Waals surface area contributed by atoms with E-state index in [1.165, 1.54) is 22.5 Å². The number of benzene rings is 2. The molecule has 0 saturated carbocycles. The average Bonchev–Trinajstić information content (AvgIpc) is 2.67. The number of sulfonamides is 1. The predicted molar refractivity (Wildman–Crippen MR) is 110 cm³/mol. The minimum atomic E-state index is -3.98. The van der Waals surface area contributed by atoms with Gasteiger partial charge in [-0.3, -0.25) is 9.10 Å². The molecule has 5 nitrogen and oxygen atoms in total. The Morgan fingerprint density at radius 3 is 2.30 bits per heavy atom. The molecule has 0 aromatic heterocycles. The number of halogens is 1. The number of carbonyl (C=O) groups excluding carboxylic acids is 1. The van der Waals surface area contributed by atoms with E-state index in [0.717, 1.165) is 0 Å². The number of hydrogen-bond donors (Lipinski definition) is 0. The number of rotatable bonds is 8. The van der Waals surface area contributed by atoms with Crippen molar-refractivity contribution in [2.45, 2.75) is 18.7 Å². The van der Waals surface area contributed by atoms with Crippen LogP contribution in [0.15, 0.2) is 66.1 Å². The lowest BCUT2D eigenvalue weighted by Crippen LogP contribution is -2.32. The van der Waals surface area contributed by atoms with Crippen molar-refractivity contribution < 1.29 is 13.2 Å². The van der Waals surface area contributed by atoms with Gasteiger partial charge in [0.2, 0.25) is 0 Å².